The van der Waals surface area contributed by atoms with E-state index in [1.807, 2.05) is 25.1 Å². The highest BCUT2D eigenvalue weighted by atomic mass is 16.5. The number of urea groups is 1. The van der Waals surface area contributed by atoms with Crippen LogP contribution in [0.2, 0.25) is 0 Å². The maximum atomic E-state index is 13.2. The lowest BCUT2D eigenvalue weighted by Gasteiger charge is -2.33. The molecule has 1 saturated carbocycles. The average Bonchev–Trinajstić information content (AvgIpc) is 3.07. The Bertz CT molecular complexity index is 1230. The van der Waals surface area contributed by atoms with Crippen LogP contribution in [0.4, 0.5) is 4.79 Å². The predicted octanol–water partition coefficient (Wildman–Crippen LogP) is 3.11. The summed E-state index contributed by atoms with van der Waals surface area (Å²) in [4.78, 5) is 55.9. The minimum Gasteiger partial charge on any atom is -0.452 e. The van der Waals surface area contributed by atoms with E-state index in [0.29, 0.717) is 29.7 Å². The molecule has 0 radical (unpaired) electrons. The standard InChI is InChI=1S/C26H30N4O5/c1-15-9-11-26(12-10-15)24(33)30(25(34)28-26)29-21(31)14-35-23(32)22-17-5-3-4-6-19(17)27-20-8-7-16(2)13-18(20)22/h7-8,13,15H,3-6,9-12,14H2,1-2H3,(H,28,34)(H,29,31). The number of nitrogens with zero attached hydrogens (tertiary/aromatic N) is 2. The number of esters is 1. The smallest absolute Gasteiger partial charge is 0.344 e. The Morgan fingerprint density at radius 2 is 1.94 bits per heavy atom. The molecule has 1 spiro atoms. The summed E-state index contributed by atoms with van der Waals surface area (Å²) in [6.07, 6.45) is 6.24. The highest BCUT2D eigenvalue weighted by Crippen LogP contribution is 2.36. The van der Waals surface area contributed by atoms with Crippen LogP contribution < -0.4 is 10.7 Å². The van der Waals surface area contributed by atoms with E-state index in [4.69, 9.17) is 9.72 Å². The number of benzene rings is 1. The second-order valence-corrected chi connectivity index (χ2v) is 10.1. The van der Waals surface area contributed by atoms with Gasteiger partial charge in [0.1, 0.15) is 5.54 Å². The molecule has 0 atom stereocenters. The SMILES string of the molecule is Cc1ccc2nc3c(c(C(=O)OCC(=O)NN4C(=O)NC5(CCC(C)CC5)C4=O)c2c1)CCCC3. The summed E-state index contributed by atoms with van der Waals surface area (Å²) in [5, 5.41) is 4.18. The predicted molar refractivity (Wildman–Crippen MR) is 127 cm³/mol. The number of aromatic nitrogens is 1. The average molecular weight is 479 g/mol. The number of nitrogens with one attached hydrogen (secondary N) is 2. The summed E-state index contributed by atoms with van der Waals surface area (Å²) in [6, 6.07) is 5.09. The van der Waals surface area contributed by atoms with E-state index in [9.17, 15) is 19.2 Å². The molecular formula is C26H30N4O5. The molecule has 5 rings (SSSR count). The van der Waals surface area contributed by atoms with E-state index >= 15 is 0 Å². The summed E-state index contributed by atoms with van der Waals surface area (Å²) in [6.45, 7) is 3.45. The fourth-order valence-corrected chi connectivity index (χ4v) is 5.45. The van der Waals surface area contributed by atoms with Gasteiger partial charge in [-0.15, -0.1) is 0 Å². The zero-order valence-corrected chi connectivity index (χ0v) is 20.1. The van der Waals surface area contributed by atoms with Crippen LogP contribution in [-0.4, -0.2) is 46.0 Å². The van der Waals surface area contributed by atoms with Gasteiger partial charge in [-0.2, -0.15) is 5.01 Å². The van der Waals surface area contributed by atoms with Crippen LogP contribution in [0.5, 0.6) is 0 Å². The third-order valence-corrected chi connectivity index (χ3v) is 7.48. The lowest BCUT2D eigenvalue weighted by molar-refractivity contribution is -0.141. The van der Waals surface area contributed by atoms with Crippen LogP contribution in [0.15, 0.2) is 18.2 Å². The molecule has 3 aliphatic rings. The maximum Gasteiger partial charge on any atom is 0.344 e. The molecule has 9 heteroatoms. The van der Waals surface area contributed by atoms with Crippen molar-refractivity contribution in [1.29, 1.82) is 0 Å². The monoisotopic (exact) mass is 478 g/mol. The molecule has 1 aliphatic heterocycles. The van der Waals surface area contributed by atoms with Crippen molar-refractivity contribution in [2.24, 2.45) is 5.92 Å². The molecule has 184 valence electrons. The van der Waals surface area contributed by atoms with Crippen molar-refractivity contribution in [1.82, 2.24) is 20.7 Å². The molecule has 4 amide bonds. The number of hydrazine groups is 1. The molecule has 2 heterocycles. The lowest BCUT2D eigenvalue weighted by Crippen LogP contribution is -2.52. The Morgan fingerprint density at radius 3 is 2.71 bits per heavy atom. The molecule has 1 saturated heterocycles. The van der Waals surface area contributed by atoms with Crippen molar-refractivity contribution in [2.45, 2.75) is 70.8 Å². The Morgan fingerprint density at radius 1 is 1.20 bits per heavy atom. The van der Waals surface area contributed by atoms with Gasteiger partial charge in [0.2, 0.25) is 0 Å². The molecule has 2 aliphatic carbocycles. The van der Waals surface area contributed by atoms with E-state index in [0.717, 1.165) is 65.9 Å². The summed E-state index contributed by atoms with van der Waals surface area (Å²) < 4.78 is 5.39. The van der Waals surface area contributed by atoms with Crippen LogP contribution >= 0.6 is 0 Å². The third kappa shape index (κ3) is 4.24. The van der Waals surface area contributed by atoms with Gasteiger partial charge in [-0.3, -0.25) is 20.0 Å². The molecule has 0 unspecified atom stereocenters. The lowest BCUT2D eigenvalue weighted by atomic mass is 9.77. The van der Waals surface area contributed by atoms with Gasteiger partial charge in [0.15, 0.2) is 6.61 Å². The second-order valence-electron chi connectivity index (χ2n) is 10.1. The first-order chi connectivity index (χ1) is 16.8. The van der Waals surface area contributed by atoms with Crippen LogP contribution in [-0.2, 0) is 27.2 Å². The third-order valence-electron chi connectivity index (χ3n) is 7.48. The van der Waals surface area contributed by atoms with Crippen LogP contribution in [0.3, 0.4) is 0 Å². The van der Waals surface area contributed by atoms with Gasteiger partial charge in [-0.05, 0) is 81.9 Å². The largest absolute Gasteiger partial charge is 0.452 e. The molecular weight excluding hydrogens is 448 g/mol. The Hall–Kier alpha value is -3.49. The maximum absolute atomic E-state index is 13.2. The first kappa shape index (κ1) is 23.3. The minimum atomic E-state index is -0.958. The number of fused-ring (bicyclic) bond motifs is 2. The van der Waals surface area contributed by atoms with Gasteiger partial charge in [0.25, 0.3) is 11.8 Å². The number of ether oxygens (including phenoxy) is 1. The fraction of sp³-hybridized carbons (Fsp3) is 0.500. The van der Waals surface area contributed by atoms with Gasteiger partial charge < -0.3 is 10.1 Å². The van der Waals surface area contributed by atoms with Crippen molar-refractivity contribution in [3.05, 3.63) is 40.6 Å². The van der Waals surface area contributed by atoms with Crippen LogP contribution in [0.1, 0.15) is 72.6 Å². The highest BCUT2D eigenvalue weighted by molar-refractivity contribution is 6.08. The van der Waals surface area contributed by atoms with Crippen molar-refractivity contribution >= 4 is 34.7 Å². The molecule has 1 aromatic carbocycles. The van der Waals surface area contributed by atoms with Gasteiger partial charge in [0.05, 0.1) is 11.1 Å². The number of aryl methyl sites for hydroxylation is 2. The first-order valence-corrected chi connectivity index (χ1v) is 12.3. The van der Waals surface area contributed by atoms with Gasteiger partial charge in [-0.1, -0.05) is 18.6 Å². The number of carbonyl (C=O) groups excluding carboxylic acids is 4. The zero-order valence-electron chi connectivity index (χ0n) is 20.1. The van der Waals surface area contributed by atoms with Crippen molar-refractivity contribution in [3.63, 3.8) is 0 Å². The summed E-state index contributed by atoms with van der Waals surface area (Å²) in [7, 11) is 0. The number of imide groups is 1. The molecule has 2 aromatic rings. The van der Waals surface area contributed by atoms with E-state index in [1.54, 1.807) is 0 Å². The quantitative estimate of drug-likeness (QED) is 0.515. The first-order valence-electron chi connectivity index (χ1n) is 12.3. The molecule has 0 bridgehead atoms. The van der Waals surface area contributed by atoms with Gasteiger partial charge in [0, 0.05) is 11.1 Å². The number of carbonyl (C=O) groups is 4. The van der Waals surface area contributed by atoms with Gasteiger partial charge in [-0.25, -0.2) is 9.59 Å². The number of rotatable bonds is 4. The van der Waals surface area contributed by atoms with E-state index in [1.165, 1.54) is 0 Å². The number of hydrogen-bond donors (Lipinski definition) is 2. The summed E-state index contributed by atoms with van der Waals surface area (Å²) in [5.41, 5.74) is 5.30. The van der Waals surface area contributed by atoms with Crippen LogP contribution in [0, 0.1) is 12.8 Å². The molecule has 2 N–H and O–H groups in total. The van der Waals surface area contributed by atoms with Crippen LogP contribution in [0.25, 0.3) is 10.9 Å². The number of pyridine rings is 1. The van der Waals surface area contributed by atoms with E-state index in [2.05, 4.69) is 17.7 Å². The Balaban J connectivity index is 1.30. The topological polar surface area (TPSA) is 118 Å². The second kappa shape index (κ2) is 8.94. The highest BCUT2D eigenvalue weighted by Gasteiger charge is 2.52. The summed E-state index contributed by atoms with van der Waals surface area (Å²) in [5.74, 6) is -1.32. The molecule has 9 nitrogen and oxygen atoms in total. The fourth-order valence-electron chi connectivity index (χ4n) is 5.45. The van der Waals surface area contributed by atoms with E-state index < -0.39 is 36.0 Å². The summed E-state index contributed by atoms with van der Waals surface area (Å²) >= 11 is 0. The number of hydrogen-bond acceptors (Lipinski definition) is 6. The van der Waals surface area contributed by atoms with E-state index in [-0.39, 0.29) is 0 Å². The Labute approximate surface area is 203 Å². The molecule has 35 heavy (non-hydrogen) atoms. The number of amides is 4. The molecule has 1 aromatic heterocycles. The Kier molecular flexibility index (Phi) is 5.94. The van der Waals surface area contributed by atoms with Gasteiger partial charge >= 0.3 is 12.0 Å². The normalized spacial score (nSPS) is 23.8. The minimum absolute atomic E-state index is 0.450. The van der Waals surface area contributed by atoms with Crippen molar-refractivity contribution < 1.29 is 23.9 Å². The van der Waals surface area contributed by atoms with Crippen molar-refractivity contribution in [2.75, 3.05) is 6.61 Å². The van der Waals surface area contributed by atoms with Crippen molar-refractivity contribution in [3.8, 4) is 0 Å². The zero-order chi connectivity index (χ0) is 24.7. The molecule has 2 fully saturated rings.